The van der Waals surface area contributed by atoms with E-state index in [1.807, 2.05) is 20.8 Å². The topological polar surface area (TPSA) is 70.4 Å². The van der Waals surface area contributed by atoms with Gasteiger partial charge in [0.05, 0.1) is 0 Å². The second-order valence-corrected chi connectivity index (χ2v) is 5.92. The van der Waals surface area contributed by atoms with E-state index in [2.05, 4.69) is 29.4 Å². The quantitative estimate of drug-likeness (QED) is 0.573. The Morgan fingerprint density at radius 3 is 2.26 bits per heavy atom. The molecule has 0 aliphatic carbocycles. The Balaban J connectivity index is 3.98. The first-order valence-corrected chi connectivity index (χ1v) is 7.29. The van der Waals surface area contributed by atoms with E-state index in [1.54, 1.807) is 0 Å². The van der Waals surface area contributed by atoms with E-state index >= 15 is 0 Å². The van der Waals surface area contributed by atoms with Crippen LogP contribution in [0.2, 0.25) is 0 Å². The SMILES string of the molecule is CCN(CC)CCNC(CN)CC(=O)NC(C)(C)C. The predicted octanol–water partition coefficient (Wildman–Crippen LogP) is 0.550. The number of hydrogen-bond acceptors (Lipinski definition) is 4. The number of nitrogens with two attached hydrogens (primary N) is 1. The molecule has 1 amide bonds. The highest BCUT2D eigenvalue weighted by atomic mass is 16.1. The summed E-state index contributed by atoms with van der Waals surface area (Å²) in [5.41, 5.74) is 5.53. The number of likely N-dealkylation sites (N-methyl/N-ethyl adjacent to an activating group) is 1. The van der Waals surface area contributed by atoms with Crippen LogP contribution in [0.15, 0.2) is 0 Å². The normalized spacial score (nSPS) is 13.6. The van der Waals surface area contributed by atoms with Gasteiger partial charge in [-0.25, -0.2) is 0 Å². The number of amides is 1. The molecular formula is C14H32N4O. The molecule has 0 aromatic heterocycles. The van der Waals surface area contributed by atoms with Crippen LogP contribution in [0.3, 0.4) is 0 Å². The molecule has 19 heavy (non-hydrogen) atoms. The van der Waals surface area contributed by atoms with Crippen molar-refractivity contribution in [3.63, 3.8) is 0 Å². The van der Waals surface area contributed by atoms with E-state index in [1.165, 1.54) is 0 Å². The van der Waals surface area contributed by atoms with Gasteiger partial charge in [0.25, 0.3) is 0 Å². The molecule has 0 heterocycles. The lowest BCUT2D eigenvalue weighted by atomic mass is 10.1. The summed E-state index contributed by atoms with van der Waals surface area (Å²) in [6, 6.07) is 0.0536. The van der Waals surface area contributed by atoms with Crippen LogP contribution in [0, 0.1) is 0 Å². The number of carbonyl (C=O) groups excluding carboxylic acids is 1. The lowest BCUT2D eigenvalue weighted by molar-refractivity contribution is -0.122. The van der Waals surface area contributed by atoms with Crippen LogP contribution in [-0.4, -0.2) is 55.1 Å². The van der Waals surface area contributed by atoms with Gasteiger partial charge in [-0.3, -0.25) is 4.79 Å². The van der Waals surface area contributed by atoms with Gasteiger partial charge in [-0.1, -0.05) is 13.8 Å². The van der Waals surface area contributed by atoms with Gasteiger partial charge in [0.2, 0.25) is 5.91 Å². The van der Waals surface area contributed by atoms with Gasteiger partial charge < -0.3 is 21.3 Å². The standard InChI is InChI=1S/C14H32N4O/c1-6-18(7-2)9-8-16-12(11-15)10-13(19)17-14(3,4)5/h12,16H,6-11,15H2,1-5H3,(H,17,19). The summed E-state index contributed by atoms with van der Waals surface area (Å²) in [5.74, 6) is 0.0540. The molecule has 0 radical (unpaired) electrons. The molecule has 0 aliphatic heterocycles. The fourth-order valence-corrected chi connectivity index (χ4v) is 1.90. The number of rotatable bonds is 9. The maximum atomic E-state index is 11.8. The van der Waals surface area contributed by atoms with Gasteiger partial charge in [0, 0.05) is 37.6 Å². The first-order chi connectivity index (χ1) is 8.82. The fourth-order valence-electron chi connectivity index (χ4n) is 1.90. The minimum atomic E-state index is -0.183. The molecule has 0 aliphatic rings. The Morgan fingerprint density at radius 2 is 1.84 bits per heavy atom. The second-order valence-electron chi connectivity index (χ2n) is 5.92. The molecule has 0 spiro atoms. The van der Waals surface area contributed by atoms with Crippen molar-refractivity contribution < 1.29 is 4.79 Å². The molecule has 1 atom stereocenters. The third kappa shape index (κ3) is 9.87. The highest BCUT2D eigenvalue weighted by Gasteiger charge is 2.17. The van der Waals surface area contributed by atoms with Crippen molar-refractivity contribution >= 4 is 5.91 Å². The second kappa shape index (κ2) is 9.28. The zero-order valence-corrected chi connectivity index (χ0v) is 13.3. The van der Waals surface area contributed by atoms with Gasteiger partial charge in [0.1, 0.15) is 0 Å². The van der Waals surface area contributed by atoms with Crippen LogP contribution in [0.25, 0.3) is 0 Å². The van der Waals surface area contributed by atoms with E-state index in [0.717, 1.165) is 26.2 Å². The van der Waals surface area contributed by atoms with Crippen LogP contribution in [-0.2, 0) is 4.79 Å². The van der Waals surface area contributed by atoms with Crippen molar-refractivity contribution in [3.05, 3.63) is 0 Å². The molecule has 5 heteroatoms. The average Bonchev–Trinajstić information content (AvgIpc) is 2.30. The van der Waals surface area contributed by atoms with Crippen molar-refractivity contribution in [2.75, 3.05) is 32.7 Å². The Hall–Kier alpha value is -0.650. The number of hydrogen-bond donors (Lipinski definition) is 3. The van der Waals surface area contributed by atoms with Crippen LogP contribution >= 0.6 is 0 Å². The number of nitrogens with one attached hydrogen (secondary N) is 2. The molecule has 5 nitrogen and oxygen atoms in total. The highest BCUT2D eigenvalue weighted by molar-refractivity contribution is 5.77. The molecule has 0 aromatic rings. The van der Waals surface area contributed by atoms with Crippen molar-refractivity contribution in [1.82, 2.24) is 15.5 Å². The van der Waals surface area contributed by atoms with Crippen LogP contribution < -0.4 is 16.4 Å². The Morgan fingerprint density at radius 1 is 1.26 bits per heavy atom. The maximum Gasteiger partial charge on any atom is 0.222 e. The molecule has 114 valence electrons. The van der Waals surface area contributed by atoms with Crippen LogP contribution in [0.1, 0.15) is 41.0 Å². The summed E-state index contributed by atoms with van der Waals surface area (Å²) in [4.78, 5) is 14.2. The minimum absolute atomic E-state index is 0.0536. The fraction of sp³-hybridized carbons (Fsp3) is 0.929. The summed E-state index contributed by atoms with van der Waals surface area (Å²) >= 11 is 0. The van der Waals surface area contributed by atoms with E-state index in [9.17, 15) is 4.79 Å². The molecule has 0 aromatic carbocycles. The smallest absolute Gasteiger partial charge is 0.222 e. The minimum Gasteiger partial charge on any atom is -0.351 e. The van der Waals surface area contributed by atoms with E-state index in [-0.39, 0.29) is 17.5 Å². The zero-order valence-electron chi connectivity index (χ0n) is 13.3. The Labute approximate surface area is 118 Å². The van der Waals surface area contributed by atoms with Crippen LogP contribution in [0.5, 0.6) is 0 Å². The van der Waals surface area contributed by atoms with Crippen molar-refractivity contribution in [2.45, 2.75) is 52.6 Å². The first kappa shape index (κ1) is 18.4. The highest BCUT2D eigenvalue weighted by Crippen LogP contribution is 2.00. The lowest BCUT2D eigenvalue weighted by Crippen LogP contribution is -2.47. The molecule has 0 bridgehead atoms. The van der Waals surface area contributed by atoms with Gasteiger partial charge >= 0.3 is 0 Å². The Bertz CT molecular complexity index is 246. The van der Waals surface area contributed by atoms with Crippen molar-refractivity contribution in [1.29, 1.82) is 0 Å². The monoisotopic (exact) mass is 272 g/mol. The molecule has 0 saturated carbocycles. The lowest BCUT2D eigenvalue weighted by Gasteiger charge is -2.24. The average molecular weight is 272 g/mol. The maximum absolute atomic E-state index is 11.8. The summed E-state index contributed by atoms with van der Waals surface area (Å²) < 4.78 is 0. The van der Waals surface area contributed by atoms with Crippen molar-refractivity contribution in [2.24, 2.45) is 5.73 Å². The Kier molecular flexibility index (Phi) is 8.97. The molecule has 4 N–H and O–H groups in total. The number of carbonyl (C=O) groups is 1. The summed E-state index contributed by atoms with van der Waals surface area (Å²) in [6.07, 6.45) is 0.437. The summed E-state index contributed by atoms with van der Waals surface area (Å²) in [6.45, 7) is 14.7. The van der Waals surface area contributed by atoms with Crippen LogP contribution in [0.4, 0.5) is 0 Å². The van der Waals surface area contributed by atoms with Gasteiger partial charge in [0.15, 0.2) is 0 Å². The summed E-state index contributed by atoms with van der Waals surface area (Å²) in [7, 11) is 0. The van der Waals surface area contributed by atoms with Gasteiger partial charge in [-0.15, -0.1) is 0 Å². The molecule has 1 unspecified atom stereocenters. The van der Waals surface area contributed by atoms with Crippen molar-refractivity contribution in [3.8, 4) is 0 Å². The largest absolute Gasteiger partial charge is 0.351 e. The predicted molar refractivity (Wildman–Crippen MR) is 81.1 cm³/mol. The summed E-state index contributed by atoms with van der Waals surface area (Å²) in [5, 5.41) is 6.32. The third-order valence-corrected chi connectivity index (χ3v) is 2.99. The van der Waals surface area contributed by atoms with E-state index in [4.69, 9.17) is 5.73 Å². The molecule has 0 saturated heterocycles. The van der Waals surface area contributed by atoms with E-state index in [0.29, 0.717) is 13.0 Å². The molecule has 0 rings (SSSR count). The molecule has 0 fully saturated rings. The zero-order chi connectivity index (χ0) is 14.9. The molecular weight excluding hydrogens is 240 g/mol. The van der Waals surface area contributed by atoms with Gasteiger partial charge in [-0.2, -0.15) is 0 Å². The third-order valence-electron chi connectivity index (χ3n) is 2.99. The number of nitrogens with zero attached hydrogens (tertiary/aromatic N) is 1. The first-order valence-electron chi connectivity index (χ1n) is 7.29. The van der Waals surface area contributed by atoms with E-state index < -0.39 is 0 Å². The van der Waals surface area contributed by atoms with Gasteiger partial charge in [-0.05, 0) is 33.9 Å².